The molecule has 1 rings (SSSR count). The molecule has 0 aliphatic heterocycles. The Morgan fingerprint density at radius 1 is 1.41 bits per heavy atom. The zero-order valence-corrected chi connectivity index (χ0v) is 11.9. The molecular weight excluding hydrogens is 230 g/mol. The highest BCUT2D eigenvalue weighted by molar-refractivity contribution is 7.05. The number of nitrogens with two attached hydrogens (primary N) is 1. The summed E-state index contributed by atoms with van der Waals surface area (Å²) in [4.78, 5) is 1.09. The second-order valence-corrected chi connectivity index (χ2v) is 5.98. The van der Waals surface area contributed by atoms with Crippen molar-refractivity contribution in [2.45, 2.75) is 53.0 Å². The summed E-state index contributed by atoms with van der Waals surface area (Å²) in [7, 11) is 0. The van der Waals surface area contributed by atoms with E-state index in [1.807, 2.05) is 0 Å². The van der Waals surface area contributed by atoms with E-state index in [0.717, 1.165) is 23.4 Å². The molecular formula is C13H21N3S. The number of nitrogens with zero attached hydrogens (tertiary/aromatic N) is 2. The van der Waals surface area contributed by atoms with Crippen LogP contribution >= 0.6 is 11.5 Å². The first kappa shape index (κ1) is 14.1. The van der Waals surface area contributed by atoms with Crippen LogP contribution in [0.1, 0.15) is 57.1 Å². The lowest BCUT2D eigenvalue weighted by Crippen LogP contribution is -2.10. The van der Waals surface area contributed by atoms with Crippen molar-refractivity contribution >= 4 is 11.5 Å². The zero-order chi connectivity index (χ0) is 12.9. The normalized spacial score (nSPS) is 13.0. The van der Waals surface area contributed by atoms with Gasteiger partial charge >= 0.3 is 0 Å². The summed E-state index contributed by atoms with van der Waals surface area (Å²) in [5.41, 5.74) is 7.21. The monoisotopic (exact) mass is 251 g/mol. The van der Waals surface area contributed by atoms with E-state index in [1.54, 1.807) is 0 Å². The molecule has 0 radical (unpaired) electrons. The lowest BCUT2D eigenvalue weighted by molar-refractivity contribution is 0.569. The van der Waals surface area contributed by atoms with Crippen LogP contribution in [-0.4, -0.2) is 9.59 Å². The van der Waals surface area contributed by atoms with Gasteiger partial charge in [0.25, 0.3) is 0 Å². The van der Waals surface area contributed by atoms with Crippen LogP contribution in [0.2, 0.25) is 0 Å². The fourth-order valence-electron chi connectivity index (χ4n) is 1.43. The van der Waals surface area contributed by atoms with Crippen LogP contribution in [-0.2, 0) is 6.42 Å². The number of aromatic nitrogens is 2. The van der Waals surface area contributed by atoms with E-state index in [0.29, 0.717) is 6.42 Å². The topological polar surface area (TPSA) is 51.8 Å². The molecule has 94 valence electrons. The number of hydrogen-bond acceptors (Lipinski definition) is 4. The maximum Gasteiger partial charge on any atom is 0.0803 e. The Bertz CT molecular complexity index is 406. The lowest BCUT2D eigenvalue weighted by Gasteiger charge is -2.09. The first-order chi connectivity index (χ1) is 7.94. The molecule has 17 heavy (non-hydrogen) atoms. The summed E-state index contributed by atoms with van der Waals surface area (Å²) < 4.78 is 3.98. The Labute approximate surface area is 108 Å². The average molecular weight is 251 g/mol. The fourth-order valence-corrected chi connectivity index (χ4v) is 2.12. The Kier molecular flexibility index (Phi) is 5.10. The molecule has 1 aromatic rings. The molecule has 0 saturated carbocycles. The van der Waals surface area contributed by atoms with Crippen molar-refractivity contribution in [2.75, 3.05) is 0 Å². The predicted octanol–water partition coefficient (Wildman–Crippen LogP) is 2.93. The van der Waals surface area contributed by atoms with E-state index >= 15 is 0 Å². The summed E-state index contributed by atoms with van der Waals surface area (Å²) in [6.45, 7) is 8.43. The van der Waals surface area contributed by atoms with E-state index in [1.165, 1.54) is 11.5 Å². The van der Waals surface area contributed by atoms with Crippen LogP contribution in [0.15, 0.2) is 0 Å². The van der Waals surface area contributed by atoms with Crippen molar-refractivity contribution in [1.82, 2.24) is 9.59 Å². The number of rotatable bonds is 4. The maximum absolute atomic E-state index is 6.13. The molecule has 0 spiro atoms. The zero-order valence-electron chi connectivity index (χ0n) is 11.1. The molecule has 0 bridgehead atoms. The van der Waals surface area contributed by atoms with Crippen molar-refractivity contribution in [2.24, 2.45) is 11.1 Å². The van der Waals surface area contributed by atoms with Gasteiger partial charge in [0.2, 0.25) is 0 Å². The number of aryl methyl sites for hydroxylation is 1. The van der Waals surface area contributed by atoms with E-state index in [-0.39, 0.29) is 11.5 Å². The SMILES string of the molecule is CCCc1nnsc1C(N)CC#CC(C)(C)C. The van der Waals surface area contributed by atoms with Crippen LogP contribution < -0.4 is 5.73 Å². The molecule has 4 heteroatoms. The first-order valence-corrected chi connectivity index (χ1v) is 6.78. The minimum atomic E-state index is -0.0496. The van der Waals surface area contributed by atoms with Crippen LogP contribution in [0.4, 0.5) is 0 Å². The van der Waals surface area contributed by atoms with Gasteiger partial charge in [-0.05, 0) is 38.7 Å². The van der Waals surface area contributed by atoms with Gasteiger partial charge in [-0.1, -0.05) is 23.8 Å². The Balaban J connectivity index is 2.65. The molecule has 0 aliphatic rings. The molecule has 1 heterocycles. The standard InChI is InChI=1S/C13H21N3S/c1-5-7-11-12(17-16-15-11)10(14)8-6-9-13(2,3)4/h10H,5,7-8,14H2,1-4H3. The van der Waals surface area contributed by atoms with Gasteiger partial charge in [0.05, 0.1) is 16.6 Å². The molecule has 1 aromatic heterocycles. The molecule has 0 aromatic carbocycles. The van der Waals surface area contributed by atoms with Crippen LogP contribution in [0, 0.1) is 17.3 Å². The summed E-state index contributed by atoms with van der Waals surface area (Å²) in [6, 6.07) is -0.0496. The van der Waals surface area contributed by atoms with E-state index in [9.17, 15) is 0 Å². The molecule has 3 nitrogen and oxygen atoms in total. The van der Waals surface area contributed by atoms with Gasteiger partial charge in [-0.3, -0.25) is 0 Å². The third-order valence-corrected chi connectivity index (χ3v) is 3.09. The molecule has 0 saturated heterocycles. The van der Waals surface area contributed by atoms with Crippen LogP contribution in [0.25, 0.3) is 0 Å². The largest absolute Gasteiger partial charge is 0.322 e. The van der Waals surface area contributed by atoms with Gasteiger partial charge in [-0.2, -0.15) is 0 Å². The Morgan fingerprint density at radius 3 is 2.71 bits per heavy atom. The molecule has 0 aliphatic carbocycles. The highest BCUT2D eigenvalue weighted by Crippen LogP contribution is 2.22. The quantitative estimate of drug-likeness (QED) is 0.837. The highest BCUT2D eigenvalue weighted by Gasteiger charge is 2.14. The van der Waals surface area contributed by atoms with Crippen molar-refractivity contribution in [3.05, 3.63) is 10.6 Å². The van der Waals surface area contributed by atoms with Crippen molar-refractivity contribution < 1.29 is 0 Å². The Hall–Kier alpha value is -0.920. The van der Waals surface area contributed by atoms with E-state index in [2.05, 4.69) is 49.1 Å². The predicted molar refractivity (Wildman–Crippen MR) is 72.7 cm³/mol. The lowest BCUT2D eigenvalue weighted by atomic mass is 9.97. The first-order valence-electron chi connectivity index (χ1n) is 6.00. The molecule has 1 atom stereocenters. The average Bonchev–Trinajstić information content (AvgIpc) is 2.64. The third-order valence-electron chi connectivity index (χ3n) is 2.19. The van der Waals surface area contributed by atoms with Crippen molar-refractivity contribution in [3.8, 4) is 11.8 Å². The van der Waals surface area contributed by atoms with Gasteiger partial charge in [0.15, 0.2) is 0 Å². The highest BCUT2D eigenvalue weighted by atomic mass is 32.1. The van der Waals surface area contributed by atoms with Crippen LogP contribution in [0.5, 0.6) is 0 Å². The molecule has 1 unspecified atom stereocenters. The van der Waals surface area contributed by atoms with Crippen molar-refractivity contribution in [3.63, 3.8) is 0 Å². The second kappa shape index (κ2) is 6.13. The van der Waals surface area contributed by atoms with Crippen molar-refractivity contribution in [1.29, 1.82) is 0 Å². The summed E-state index contributed by atoms with van der Waals surface area (Å²) in [6.07, 6.45) is 2.70. The van der Waals surface area contributed by atoms with E-state index in [4.69, 9.17) is 5.73 Å². The summed E-state index contributed by atoms with van der Waals surface area (Å²) in [5, 5.41) is 4.12. The van der Waals surface area contributed by atoms with Crippen LogP contribution in [0.3, 0.4) is 0 Å². The minimum absolute atomic E-state index is 0.0396. The third kappa shape index (κ3) is 4.84. The fraction of sp³-hybridized carbons (Fsp3) is 0.692. The number of hydrogen-bond donors (Lipinski definition) is 1. The van der Waals surface area contributed by atoms with Gasteiger partial charge in [-0.25, -0.2) is 0 Å². The van der Waals surface area contributed by atoms with Gasteiger partial charge in [0.1, 0.15) is 0 Å². The molecule has 0 amide bonds. The maximum atomic E-state index is 6.13. The Morgan fingerprint density at radius 2 is 2.12 bits per heavy atom. The summed E-state index contributed by atoms with van der Waals surface area (Å²) in [5.74, 6) is 6.36. The van der Waals surface area contributed by atoms with Gasteiger partial charge in [0, 0.05) is 11.8 Å². The smallest absolute Gasteiger partial charge is 0.0803 e. The van der Waals surface area contributed by atoms with Gasteiger partial charge < -0.3 is 5.73 Å². The molecule has 2 N–H and O–H groups in total. The summed E-state index contributed by atoms with van der Waals surface area (Å²) >= 11 is 1.40. The van der Waals surface area contributed by atoms with E-state index < -0.39 is 0 Å². The minimum Gasteiger partial charge on any atom is -0.322 e. The van der Waals surface area contributed by atoms with Gasteiger partial charge in [-0.15, -0.1) is 11.0 Å². The molecule has 0 fully saturated rings. The second-order valence-electron chi connectivity index (χ2n) is 5.20.